The predicted molar refractivity (Wildman–Crippen MR) is 145 cm³/mol. The number of H-pyrrole nitrogens is 1. The molecule has 2 heterocycles. The molecule has 0 spiro atoms. The second-order valence-electron chi connectivity index (χ2n) is 9.74. The summed E-state index contributed by atoms with van der Waals surface area (Å²) in [4.78, 5) is 30.2. The van der Waals surface area contributed by atoms with Gasteiger partial charge in [0.05, 0.1) is 28.7 Å². The number of fused-ring (bicyclic) bond motifs is 5. The molecule has 3 aromatic carbocycles. The number of nitrogens with zero attached hydrogens (tertiary/aromatic N) is 2. The number of aliphatic hydroxyl groups is 1. The lowest BCUT2D eigenvalue weighted by Gasteiger charge is -2.23. The van der Waals surface area contributed by atoms with E-state index < -0.39 is 16.9 Å². The monoisotopic (exact) mass is 512 g/mol. The molecular weight excluding hydrogens is 487 g/mol. The van der Waals surface area contributed by atoms with Crippen LogP contribution < -0.4 is 15.8 Å². The van der Waals surface area contributed by atoms with E-state index in [1.807, 2.05) is 13.0 Å². The number of furan rings is 1. The second kappa shape index (κ2) is 9.32. The Hall–Kier alpha value is -4.68. The molecule has 0 aliphatic heterocycles. The van der Waals surface area contributed by atoms with Gasteiger partial charge in [0.1, 0.15) is 17.0 Å². The van der Waals surface area contributed by atoms with Crippen LogP contribution in [-0.4, -0.2) is 34.7 Å². The number of amides is 1. The van der Waals surface area contributed by atoms with Crippen molar-refractivity contribution >= 4 is 44.4 Å². The van der Waals surface area contributed by atoms with E-state index in [9.17, 15) is 24.3 Å². The number of benzene rings is 3. The van der Waals surface area contributed by atoms with Crippen LogP contribution >= 0.6 is 0 Å². The minimum absolute atomic E-state index is 0.226. The van der Waals surface area contributed by atoms with Gasteiger partial charge in [-0.05, 0) is 62.7 Å². The highest BCUT2D eigenvalue weighted by Crippen LogP contribution is 2.39. The van der Waals surface area contributed by atoms with Gasteiger partial charge in [0.25, 0.3) is 11.5 Å². The Kier molecular flexibility index (Phi) is 6.13. The van der Waals surface area contributed by atoms with Crippen molar-refractivity contribution in [1.29, 1.82) is 5.26 Å². The summed E-state index contributed by atoms with van der Waals surface area (Å²) < 4.78 is 19.9. The van der Waals surface area contributed by atoms with E-state index in [1.165, 1.54) is 17.0 Å². The molecule has 0 aliphatic carbocycles. The summed E-state index contributed by atoms with van der Waals surface area (Å²) in [5.41, 5.74) is 1.99. The molecule has 0 bridgehead atoms. The van der Waals surface area contributed by atoms with Crippen LogP contribution in [0.4, 0.5) is 10.1 Å². The molecule has 1 amide bonds. The number of carbonyl (C=O) groups is 1. The molecule has 0 fully saturated rings. The molecule has 0 saturated heterocycles. The molecular formula is C29H25FN4O4. The van der Waals surface area contributed by atoms with Gasteiger partial charge < -0.3 is 19.8 Å². The summed E-state index contributed by atoms with van der Waals surface area (Å²) in [5, 5.41) is 23.6. The lowest BCUT2D eigenvalue weighted by atomic mass is 9.97. The van der Waals surface area contributed by atoms with Crippen molar-refractivity contribution in [2.75, 3.05) is 18.1 Å². The maximum absolute atomic E-state index is 13.8. The Balaban J connectivity index is 1.77. The quantitative estimate of drug-likeness (QED) is 0.216. The molecule has 0 unspecified atom stereocenters. The third kappa shape index (κ3) is 4.25. The molecule has 2 aromatic heterocycles. The normalized spacial score (nSPS) is 11.7. The fourth-order valence-electron chi connectivity index (χ4n) is 4.55. The number of halogens is 1. The zero-order chi connectivity index (χ0) is 27.2. The van der Waals surface area contributed by atoms with Crippen molar-refractivity contribution < 1.29 is 18.7 Å². The molecule has 0 aliphatic rings. The highest BCUT2D eigenvalue weighted by molar-refractivity contribution is 6.15. The number of carbonyl (C=O) groups excluding carboxylic acids is 1. The van der Waals surface area contributed by atoms with Crippen molar-refractivity contribution in [2.24, 2.45) is 0 Å². The molecule has 3 N–H and O–H groups in total. The average molecular weight is 513 g/mol. The van der Waals surface area contributed by atoms with Crippen LogP contribution in [0.3, 0.4) is 0 Å². The van der Waals surface area contributed by atoms with Gasteiger partial charge in [-0.1, -0.05) is 12.1 Å². The van der Waals surface area contributed by atoms with Gasteiger partial charge in [0.2, 0.25) is 0 Å². The fourth-order valence-corrected chi connectivity index (χ4v) is 4.55. The van der Waals surface area contributed by atoms with Crippen LogP contribution in [0, 0.1) is 17.3 Å². The zero-order valence-corrected chi connectivity index (χ0v) is 21.1. The molecule has 0 atom stereocenters. The first-order valence-electron chi connectivity index (χ1n) is 12.1. The number of pyridine rings is 1. The van der Waals surface area contributed by atoms with Crippen molar-refractivity contribution in [1.82, 2.24) is 10.3 Å². The highest BCUT2D eigenvalue weighted by Gasteiger charge is 2.23. The molecule has 192 valence electrons. The molecule has 8 nitrogen and oxygen atoms in total. The van der Waals surface area contributed by atoms with Crippen LogP contribution in [0.1, 0.15) is 31.1 Å². The van der Waals surface area contributed by atoms with Gasteiger partial charge in [-0.15, -0.1) is 0 Å². The standard InChI is InChI=1S/C29H25FN4O4/c1-4-34(15-31)23-13-24-21(25-26(38-24)19-9-8-18(30)11-22(19)32-28(25)37)12-20(23)16-6-5-7-17(10-16)27(36)33-29(2,3)14-35/h5-13,35H,4,14H2,1-3H3,(H,32,37)(H,33,36). The zero-order valence-electron chi connectivity index (χ0n) is 21.1. The molecule has 5 rings (SSSR count). The Morgan fingerprint density at radius 1 is 1.18 bits per heavy atom. The van der Waals surface area contributed by atoms with Gasteiger partial charge in [-0.25, -0.2) is 4.39 Å². The topological polar surface area (TPSA) is 122 Å². The smallest absolute Gasteiger partial charge is 0.260 e. The molecule has 9 heteroatoms. The number of hydrogen-bond acceptors (Lipinski definition) is 6. The number of rotatable bonds is 6. The van der Waals surface area contributed by atoms with Crippen LogP contribution in [-0.2, 0) is 0 Å². The lowest BCUT2D eigenvalue weighted by molar-refractivity contribution is 0.0869. The Morgan fingerprint density at radius 2 is 1.97 bits per heavy atom. The average Bonchev–Trinajstić information content (AvgIpc) is 3.28. The van der Waals surface area contributed by atoms with Gasteiger partial charge in [-0.2, -0.15) is 5.26 Å². The summed E-state index contributed by atoms with van der Waals surface area (Å²) in [6.45, 7) is 5.42. The first-order valence-corrected chi connectivity index (χ1v) is 12.1. The summed E-state index contributed by atoms with van der Waals surface area (Å²) >= 11 is 0. The largest absolute Gasteiger partial charge is 0.455 e. The van der Waals surface area contributed by atoms with E-state index >= 15 is 0 Å². The number of aromatic nitrogens is 1. The number of anilines is 1. The van der Waals surface area contributed by atoms with E-state index in [0.717, 1.165) is 0 Å². The summed E-state index contributed by atoms with van der Waals surface area (Å²) in [6, 6.07) is 14.5. The van der Waals surface area contributed by atoms with Crippen LogP contribution in [0.5, 0.6) is 0 Å². The van der Waals surface area contributed by atoms with E-state index in [-0.39, 0.29) is 12.5 Å². The SMILES string of the molecule is CCN(C#N)c1cc2oc3c4ccc(F)cc4[nH]c(=O)c3c2cc1-c1cccc(C(=O)NC(C)(C)CO)c1. The summed E-state index contributed by atoms with van der Waals surface area (Å²) in [7, 11) is 0. The number of nitrogens with one attached hydrogen (secondary N) is 2. The minimum Gasteiger partial charge on any atom is -0.455 e. The second-order valence-corrected chi connectivity index (χ2v) is 9.74. The van der Waals surface area contributed by atoms with Crippen molar-refractivity contribution in [3.63, 3.8) is 0 Å². The molecule has 5 aromatic rings. The van der Waals surface area contributed by atoms with Gasteiger partial charge >= 0.3 is 0 Å². The van der Waals surface area contributed by atoms with Gasteiger partial charge in [-0.3, -0.25) is 14.5 Å². The summed E-state index contributed by atoms with van der Waals surface area (Å²) in [5.74, 6) is -0.836. The van der Waals surface area contributed by atoms with Crippen LogP contribution in [0.15, 0.2) is 63.8 Å². The summed E-state index contributed by atoms with van der Waals surface area (Å²) in [6.07, 6.45) is 2.17. The van der Waals surface area contributed by atoms with Crippen LogP contribution in [0.2, 0.25) is 0 Å². The number of aromatic amines is 1. The van der Waals surface area contributed by atoms with Gasteiger partial charge in [0.15, 0.2) is 6.19 Å². The number of hydrogen-bond donors (Lipinski definition) is 3. The van der Waals surface area contributed by atoms with E-state index in [2.05, 4.69) is 16.5 Å². The number of nitriles is 1. The first kappa shape index (κ1) is 25.0. The predicted octanol–water partition coefficient (Wildman–Crippen LogP) is 5.04. The molecule has 38 heavy (non-hydrogen) atoms. The lowest BCUT2D eigenvalue weighted by Crippen LogP contribution is -2.46. The Labute approximate surface area is 216 Å². The minimum atomic E-state index is -0.806. The molecule has 0 saturated carbocycles. The third-order valence-electron chi connectivity index (χ3n) is 6.52. The van der Waals surface area contributed by atoms with Crippen molar-refractivity contribution in [2.45, 2.75) is 26.3 Å². The van der Waals surface area contributed by atoms with E-state index in [4.69, 9.17) is 4.42 Å². The first-order chi connectivity index (χ1) is 18.2. The Morgan fingerprint density at radius 3 is 2.68 bits per heavy atom. The van der Waals surface area contributed by atoms with Gasteiger partial charge in [0, 0.05) is 34.5 Å². The van der Waals surface area contributed by atoms with Crippen LogP contribution in [0.25, 0.3) is 44.0 Å². The fraction of sp³-hybridized carbons (Fsp3) is 0.207. The van der Waals surface area contributed by atoms with Crippen molar-refractivity contribution in [3.05, 3.63) is 76.3 Å². The maximum Gasteiger partial charge on any atom is 0.260 e. The number of aliphatic hydroxyl groups excluding tert-OH is 1. The maximum atomic E-state index is 13.8. The Bertz CT molecular complexity index is 1830. The van der Waals surface area contributed by atoms with E-state index in [1.54, 1.807) is 50.2 Å². The van der Waals surface area contributed by atoms with E-state index in [0.29, 0.717) is 61.8 Å². The van der Waals surface area contributed by atoms with Crippen molar-refractivity contribution in [3.8, 4) is 17.3 Å². The third-order valence-corrected chi connectivity index (χ3v) is 6.52. The highest BCUT2D eigenvalue weighted by atomic mass is 19.1. The molecule has 0 radical (unpaired) electrons.